The fraction of sp³-hybridized carbons (Fsp3) is 0.250. The Labute approximate surface area is 130 Å². The van der Waals surface area contributed by atoms with Crippen molar-refractivity contribution >= 4 is 63.2 Å². The minimum Gasteiger partial charge on any atom is -0.361 e. The molecule has 0 spiro atoms. The van der Waals surface area contributed by atoms with Gasteiger partial charge >= 0.3 is 0 Å². The maximum Gasteiger partial charge on any atom is 0.272 e. The van der Waals surface area contributed by atoms with E-state index in [0.717, 1.165) is 16.5 Å². The third-order valence-electron chi connectivity index (χ3n) is 2.67. The first kappa shape index (κ1) is 14.8. The summed E-state index contributed by atoms with van der Waals surface area (Å²) >= 11 is 22.3. The molecule has 2 rings (SSSR count). The van der Waals surface area contributed by atoms with E-state index in [4.69, 9.17) is 46.4 Å². The Kier molecular flexibility index (Phi) is 4.51. The van der Waals surface area contributed by atoms with E-state index in [0.29, 0.717) is 18.0 Å². The number of benzene rings is 1. The standard InChI is InChI=1S/C12H10Cl4N2O/c13-8-1-2-10-9(5-8)7(6-18-10)3-4-17-11(19)12(14,15)16/h1-2,5-6,18H,3-4H2,(H,17,19). The van der Waals surface area contributed by atoms with Crippen LogP contribution in [0.1, 0.15) is 5.56 Å². The maximum atomic E-state index is 11.4. The Morgan fingerprint density at radius 2 is 2.05 bits per heavy atom. The quantitative estimate of drug-likeness (QED) is 0.819. The van der Waals surface area contributed by atoms with E-state index in [1.807, 2.05) is 24.4 Å². The van der Waals surface area contributed by atoms with Crippen LogP contribution in [0.5, 0.6) is 0 Å². The molecule has 7 heteroatoms. The maximum absolute atomic E-state index is 11.4. The van der Waals surface area contributed by atoms with Crippen LogP contribution in [0, 0.1) is 0 Å². The molecule has 0 fully saturated rings. The lowest BCUT2D eigenvalue weighted by Crippen LogP contribution is -2.35. The van der Waals surface area contributed by atoms with Crippen molar-refractivity contribution in [3.05, 3.63) is 35.0 Å². The number of carbonyl (C=O) groups excluding carboxylic acids is 1. The molecule has 2 N–H and O–H groups in total. The Bertz CT molecular complexity index is 603. The summed E-state index contributed by atoms with van der Waals surface area (Å²) in [5.74, 6) is -0.629. The van der Waals surface area contributed by atoms with Crippen molar-refractivity contribution in [1.82, 2.24) is 10.3 Å². The summed E-state index contributed by atoms with van der Waals surface area (Å²) in [6.45, 7) is 0.381. The number of H-pyrrole nitrogens is 1. The first-order chi connectivity index (χ1) is 8.88. The summed E-state index contributed by atoms with van der Waals surface area (Å²) in [6, 6.07) is 5.59. The molecule has 1 aromatic carbocycles. The van der Waals surface area contributed by atoms with Gasteiger partial charge in [-0.3, -0.25) is 4.79 Å². The number of amides is 1. The molecular formula is C12H10Cl4N2O. The molecule has 0 aliphatic carbocycles. The molecule has 102 valence electrons. The monoisotopic (exact) mass is 338 g/mol. The fourth-order valence-electron chi connectivity index (χ4n) is 1.77. The van der Waals surface area contributed by atoms with Crippen LogP contribution in [-0.4, -0.2) is 21.2 Å². The highest BCUT2D eigenvalue weighted by Crippen LogP contribution is 2.26. The molecule has 0 saturated carbocycles. The van der Waals surface area contributed by atoms with Gasteiger partial charge in [0.05, 0.1) is 0 Å². The molecule has 3 nitrogen and oxygen atoms in total. The normalized spacial score (nSPS) is 11.8. The van der Waals surface area contributed by atoms with Crippen molar-refractivity contribution in [2.45, 2.75) is 10.2 Å². The minimum atomic E-state index is -1.93. The second-order valence-corrected chi connectivity index (χ2v) is 6.73. The van der Waals surface area contributed by atoms with E-state index in [2.05, 4.69) is 10.3 Å². The Hall–Kier alpha value is -0.610. The van der Waals surface area contributed by atoms with Gasteiger partial charge in [0.15, 0.2) is 0 Å². The van der Waals surface area contributed by atoms with Crippen LogP contribution in [0.15, 0.2) is 24.4 Å². The highest BCUT2D eigenvalue weighted by Gasteiger charge is 2.29. The van der Waals surface area contributed by atoms with Crippen LogP contribution in [0.3, 0.4) is 0 Å². The number of aromatic nitrogens is 1. The molecule has 1 heterocycles. The van der Waals surface area contributed by atoms with Gasteiger partial charge in [-0.1, -0.05) is 46.4 Å². The van der Waals surface area contributed by atoms with Crippen LogP contribution >= 0.6 is 46.4 Å². The zero-order valence-corrected chi connectivity index (χ0v) is 12.7. The number of carbonyl (C=O) groups is 1. The summed E-state index contributed by atoms with van der Waals surface area (Å²) < 4.78 is -1.93. The van der Waals surface area contributed by atoms with Gasteiger partial charge in [0.2, 0.25) is 0 Å². The van der Waals surface area contributed by atoms with E-state index in [9.17, 15) is 4.79 Å². The highest BCUT2D eigenvalue weighted by atomic mass is 35.6. The predicted molar refractivity (Wildman–Crippen MR) is 80.3 cm³/mol. The van der Waals surface area contributed by atoms with E-state index in [-0.39, 0.29) is 0 Å². The third-order valence-corrected chi connectivity index (χ3v) is 3.42. The van der Waals surface area contributed by atoms with Crippen molar-refractivity contribution < 1.29 is 4.79 Å². The zero-order valence-electron chi connectivity index (χ0n) is 9.64. The molecule has 0 bridgehead atoms. The summed E-state index contributed by atoms with van der Waals surface area (Å²) in [6.07, 6.45) is 2.50. The molecule has 2 aromatic rings. The van der Waals surface area contributed by atoms with Crippen LogP contribution < -0.4 is 5.32 Å². The van der Waals surface area contributed by atoms with Gasteiger partial charge in [-0.05, 0) is 30.2 Å². The number of rotatable bonds is 3. The SMILES string of the molecule is O=C(NCCc1c[nH]c2ccc(Cl)cc12)C(Cl)(Cl)Cl. The Morgan fingerprint density at radius 3 is 2.74 bits per heavy atom. The van der Waals surface area contributed by atoms with Gasteiger partial charge in [-0.25, -0.2) is 0 Å². The number of hydrogen-bond acceptors (Lipinski definition) is 1. The largest absolute Gasteiger partial charge is 0.361 e. The number of aromatic amines is 1. The molecular weight excluding hydrogens is 330 g/mol. The van der Waals surface area contributed by atoms with Gasteiger partial charge in [-0.15, -0.1) is 0 Å². The van der Waals surface area contributed by atoms with Crippen molar-refractivity contribution in [1.29, 1.82) is 0 Å². The predicted octanol–water partition coefficient (Wildman–Crippen LogP) is 3.85. The smallest absolute Gasteiger partial charge is 0.272 e. The third kappa shape index (κ3) is 3.69. The lowest BCUT2D eigenvalue weighted by atomic mass is 10.1. The van der Waals surface area contributed by atoms with Crippen LogP contribution in [0.2, 0.25) is 5.02 Å². The van der Waals surface area contributed by atoms with Crippen molar-refractivity contribution in [2.24, 2.45) is 0 Å². The first-order valence-electron chi connectivity index (χ1n) is 5.48. The number of nitrogens with one attached hydrogen (secondary N) is 2. The van der Waals surface area contributed by atoms with E-state index in [1.54, 1.807) is 0 Å². The average Bonchev–Trinajstić information content (AvgIpc) is 2.70. The second kappa shape index (κ2) is 5.80. The number of alkyl halides is 3. The summed E-state index contributed by atoms with van der Waals surface area (Å²) in [7, 11) is 0. The highest BCUT2D eigenvalue weighted by molar-refractivity contribution is 6.76. The van der Waals surface area contributed by atoms with Gasteiger partial charge in [0.25, 0.3) is 9.70 Å². The van der Waals surface area contributed by atoms with Gasteiger partial charge in [0, 0.05) is 28.7 Å². The zero-order chi connectivity index (χ0) is 14.0. The van der Waals surface area contributed by atoms with Crippen LogP contribution in [-0.2, 0) is 11.2 Å². The van der Waals surface area contributed by atoms with Gasteiger partial charge < -0.3 is 10.3 Å². The lowest BCUT2D eigenvalue weighted by molar-refractivity contribution is -0.120. The topological polar surface area (TPSA) is 44.9 Å². The lowest BCUT2D eigenvalue weighted by Gasteiger charge is -2.10. The number of hydrogen-bond donors (Lipinski definition) is 2. The molecule has 0 aliphatic rings. The van der Waals surface area contributed by atoms with E-state index in [1.165, 1.54) is 0 Å². The summed E-state index contributed by atoms with van der Waals surface area (Å²) in [4.78, 5) is 14.5. The minimum absolute atomic E-state index is 0.381. The second-order valence-electron chi connectivity index (χ2n) is 4.01. The number of halogens is 4. The fourth-order valence-corrected chi connectivity index (χ4v) is 2.14. The van der Waals surface area contributed by atoms with Gasteiger partial charge in [0.1, 0.15) is 0 Å². The summed E-state index contributed by atoms with van der Waals surface area (Å²) in [5, 5.41) is 4.25. The first-order valence-corrected chi connectivity index (χ1v) is 6.99. The molecule has 0 atom stereocenters. The van der Waals surface area contributed by atoms with Crippen molar-refractivity contribution in [3.63, 3.8) is 0 Å². The van der Waals surface area contributed by atoms with Crippen LogP contribution in [0.25, 0.3) is 10.9 Å². The molecule has 0 saturated heterocycles. The van der Waals surface area contributed by atoms with Gasteiger partial charge in [-0.2, -0.15) is 0 Å². The van der Waals surface area contributed by atoms with E-state index >= 15 is 0 Å². The van der Waals surface area contributed by atoms with Crippen molar-refractivity contribution in [3.8, 4) is 0 Å². The molecule has 1 amide bonds. The Balaban J connectivity index is 2.03. The summed E-state index contributed by atoms with van der Waals surface area (Å²) in [5.41, 5.74) is 2.04. The van der Waals surface area contributed by atoms with E-state index < -0.39 is 9.70 Å². The Morgan fingerprint density at radius 1 is 1.32 bits per heavy atom. The molecule has 19 heavy (non-hydrogen) atoms. The molecule has 0 unspecified atom stereocenters. The molecule has 0 radical (unpaired) electrons. The average molecular weight is 340 g/mol. The van der Waals surface area contributed by atoms with Crippen molar-refractivity contribution in [2.75, 3.05) is 6.54 Å². The number of fused-ring (bicyclic) bond motifs is 1. The molecule has 0 aliphatic heterocycles. The van der Waals surface area contributed by atoms with Crippen LogP contribution in [0.4, 0.5) is 0 Å². The molecule has 1 aromatic heterocycles.